The maximum Gasteiger partial charge on any atom is 0.216 e. The third-order valence-corrected chi connectivity index (χ3v) is 4.65. The summed E-state index contributed by atoms with van der Waals surface area (Å²) < 4.78 is 1.97. The molecule has 1 N–H and O–H groups in total. The van der Waals surface area contributed by atoms with Crippen LogP contribution in [0.5, 0.6) is 0 Å². The van der Waals surface area contributed by atoms with Crippen molar-refractivity contribution in [3.8, 4) is 0 Å². The second-order valence-electron chi connectivity index (χ2n) is 6.65. The number of rotatable bonds is 6. The summed E-state index contributed by atoms with van der Waals surface area (Å²) in [4.78, 5) is 13.6. The third kappa shape index (κ3) is 4.68. The van der Waals surface area contributed by atoms with Crippen LogP contribution in [-0.4, -0.2) is 40.2 Å². The number of carbonyl (C=O) groups is 1. The Balaban J connectivity index is 1.62. The highest BCUT2D eigenvalue weighted by Gasteiger charge is 2.20. The molecule has 0 aliphatic carbocycles. The minimum atomic E-state index is 0.0664. The van der Waals surface area contributed by atoms with Gasteiger partial charge in [-0.05, 0) is 42.5 Å². The van der Waals surface area contributed by atoms with Gasteiger partial charge in [-0.2, -0.15) is 5.10 Å². The first-order valence-corrected chi connectivity index (χ1v) is 8.71. The molecule has 0 unspecified atom stereocenters. The molecule has 0 saturated carbocycles. The zero-order chi connectivity index (χ0) is 16.8. The molecule has 5 nitrogen and oxygen atoms in total. The van der Waals surface area contributed by atoms with Crippen LogP contribution in [0.15, 0.2) is 42.7 Å². The summed E-state index contributed by atoms with van der Waals surface area (Å²) in [5.41, 5.74) is 2.69. The number of piperidine rings is 1. The lowest BCUT2D eigenvalue weighted by Crippen LogP contribution is -2.40. The van der Waals surface area contributed by atoms with Gasteiger partial charge in [0.1, 0.15) is 0 Å². The number of hydrogen-bond donors (Lipinski definition) is 1. The lowest BCUT2D eigenvalue weighted by atomic mass is 9.97. The number of carbonyl (C=O) groups excluding carboxylic acids is 1. The maximum atomic E-state index is 11.1. The van der Waals surface area contributed by atoms with Crippen molar-refractivity contribution in [2.75, 3.05) is 19.6 Å². The zero-order valence-electron chi connectivity index (χ0n) is 14.3. The Morgan fingerprint density at radius 1 is 1.25 bits per heavy atom. The first-order valence-electron chi connectivity index (χ1n) is 8.71. The van der Waals surface area contributed by atoms with Gasteiger partial charge >= 0.3 is 0 Å². The standard InChI is InChI=1S/C19H26N4O/c1-16(24)20-12-17-6-4-10-22(13-17)14-18-7-2-3-8-19(18)15-23-11-5-9-21-23/h2-3,5,7-9,11,17H,4,6,10,12-15H2,1H3,(H,20,24)/t17-/m0/s1. The minimum absolute atomic E-state index is 0.0664. The Hall–Kier alpha value is -2.14. The van der Waals surface area contributed by atoms with E-state index in [1.807, 2.05) is 23.1 Å². The number of aromatic nitrogens is 2. The molecule has 1 atom stereocenters. The second kappa shape index (κ2) is 8.11. The SMILES string of the molecule is CC(=O)NC[C@@H]1CCCN(Cc2ccccc2Cn2cccn2)C1. The second-order valence-corrected chi connectivity index (χ2v) is 6.65. The van der Waals surface area contributed by atoms with E-state index in [0.29, 0.717) is 5.92 Å². The first kappa shape index (κ1) is 16.7. The van der Waals surface area contributed by atoms with E-state index in [0.717, 1.165) is 32.7 Å². The van der Waals surface area contributed by atoms with Gasteiger partial charge in [0, 0.05) is 39.0 Å². The Bertz CT molecular complexity index is 653. The van der Waals surface area contributed by atoms with Crippen molar-refractivity contribution in [2.45, 2.75) is 32.9 Å². The van der Waals surface area contributed by atoms with E-state index < -0.39 is 0 Å². The molecule has 24 heavy (non-hydrogen) atoms. The fourth-order valence-corrected chi connectivity index (χ4v) is 3.42. The normalized spacial score (nSPS) is 18.5. The predicted octanol–water partition coefficient (Wildman–Crippen LogP) is 2.28. The average molecular weight is 326 g/mol. The highest BCUT2D eigenvalue weighted by molar-refractivity contribution is 5.72. The lowest BCUT2D eigenvalue weighted by Gasteiger charge is -2.33. The van der Waals surface area contributed by atoms with E-state index in [4.69, 9.17) is 0 Å². The van der Waals surface area contributed by atoms with Crippen LogP contribution < -0.4 is 5.32 Å². The Kier molecular flexibility index (Phi) is 5.64. The van der Waals surface area contributed by atoms with Gasteiger partial charge in [0.25, 0.3) is 0 Å². The average Bonchev–Trinajstić information content (AvgIpc) is 3.08. The number of amides is 1. The van der Waals surface area contributed by atoms with Gasteiger partial charge < -0.3 is 5.32 Å². The Morgan fingerprint density at radius 3 is 2.75 bits per heavy atom. The van der Waals surface area contributed by atoms with Gasteiger partial charge in [-0.1, -0.05) is 24.3 Å². The van der Waals surface area contributed by atoms with E-state index in [9.17, 15) is 4.79 Å². The topological polar surface area (TPSA) is 50.2 Å². The van der Waals surface area contributed by atoms with Crippen molar-refractivity contribution < 1.29 is 4.79 Å². The number of nitrogens with one attached hydrogen (secondary N) is 1. The van der Waals surface area contributed by atoms with Crippen LogP contribution in [0.4, 0.5) is 0 Å². The highest BCUT2D eigenvalue weighted by atomic mass is 16.1. The summed E-state index contributed by atoms with van der Waals surface area (Å²) in [6.07, 6.45) is 6.22. The summed E-state index contributed by atoms with van der Waals surface area (Å²) >= 11 is 0. The van der Waals surface area contributed by atoms with Gasteiger partial charge in [-0.3, -0.25) is 14.4 Å². The largest absolute Gasteiger partial charge is 0.356 e. The van der Waals surface area contributed by atoms with Gasteiger partial charge in [-0.15, -0.1) is 0 Å². The molecule has 3 rings (SSSR count). The van der Waals surface area contributed by atoms with E-state index in [1.165, 1.54) is 24.0 Å². The fraction of sp³-hybridized carbons (Fsp3) is 0.474. The molecular formula is C19H26N4O. The molecule has 0 radical (unpaired) electrons. The molecule has 5 heteroatoms. The van der Waals surface area contributed by atoms with E-state index >= 15 is 0 Å². The van der Waals surface area contributed by atoms with E-state index in [-0.39, 0.29) is 5.91 Å². The Labute approximate surface area is 143 Å². The van der Waals surface area contributed by atoms with Gasteiger partial charge in [0.2, 0.25) is 5.91 Å². The van der Waals surface area contributed by atoms with Crippen LogP contribution in [0.3, 0.4) is 0 Å². The molecule has 1 aromatic heterocycles. The smallest absolute Gasteiger partial charge is 0.216 e. The maximum absolute atomic E-state index is 11.1. The molecule has 2 aromatic rings. The number of hydrogen-bond acceptors (Lipinski definition) is 3. The van der Waals surface area contributed by atoms with Crippen molar-refractivity contribution in [1.82, 2.24) is 20.0 Å². The minimum Gasteiger partial charge on any atom is -0.356 e. The summed E-state index contributed by atoms with van der Waals surface area (Å²) in [7, 11) is 0. The van der Waals surface area contributed by atoms with Crippen LogP contribution in [0.2, 0.25) is 0 Å². The highest BCUT2D eigenvalue weighted by Crippen LogP contribution is 2.20. The van der Waals surface area contributed by atoms with Crippen molar-refractivity contribution in [3.05, 3.63) is 53.9 Å². The van der Waals surface area contributed by atoms with E-state index in [2.05, 4.69) is 39.6 Å². The third-order valence-electron chi connectivity index (χ3n) is 4.65. The molecule has 1 amide bonds. The van der Waals surface area contributed by atoms with Crippen LogP contribution >= 0.6 is 0 Å². The molecule has 1 aliphatic heterocycles. The summed E-state index contributed by atoms with van der Waals surface area (Å²) in [6, 6.07) is 10.6. The zero-order valence-corrected chi connectivity index (χ0v) is 14.3. The molecule has 2 heterocycles. The first-order chi connectivity index (χ1) is 11.7. The molecule has 0 spiro atoms. The van der Waals surface area contributed by atoms with Crippen molar-refractivity contribution >= 4 is 5.91 Å². The van der Waals surface area contributed by atoms with Crippen LogP contribution in [0.1, 0.15) is 30.9 Å². The number of benzene rings is 1. The van der Waals surface area contributed by atoms with Crippen LogP contribution in [0, 0.1) is 5.92 Å². The van der Waals surface area contributed by atoms with E-state index in [1.54, 1.807) is 6.92 Å². The van der Waals surface area contributed by atoms with Crippen molar-refractivity contribution in [1.29, 1.82) is 0 Å². The quantitative estimate of drug-likeness (QED) is 0.886. The Morgan fingerprint density at radius 2 is 2.04 bits per heavy atom. The molecule has 1 saturated heterocycles. The summed E-state index contributed by atoms with van der Waals surface area (Å²) in [6.45, 7) is 6.34. The molecule has 0 bridgehead atoms. The van der Waals surface area contributed by atoms with Crippen molar-refractivity contribution in [2.24, 2.45) is 5.92 Å². The summed E-state index contributed by atoms with van der Waals surface area (Å²) in [5, 5.41) is 7.28. The molecule has 128 valence electrons. The summed E-state index contributed by atoms with van der Waals surface area (Å²) in [5.74, 6) is 0.623. The van der Waals surface area contributed by atoms with Crippen LogP contribution in [0.25, 0.3) is 0 Å². The van der Waals surface area contributed by atoms with Gasteiger partial charge in [0.05, 0.1) is 6.54 Å². The molecule has 1 aromatic carbocycles. The van der Waals surface area contributed by atoms with Crippen LogP contribution in [-0.2, 0) is 17.9 Å². The van der Waals surface area contributed by atoms with Gasteiger partial charge in [0.15, 0.2) is 0 Å². The monoisotopic (exact) mass is 326 g/mol. The van der Waals surface area contributed by atoms with Crippen molar-refractivity contribution in [3.63, 3.8) is 0 Å². The fourth-order valence-electron chi connectivity index (χ4n) is 3.42. The van der Waals surface area contributed by atoms with Gasteiger partial charge in [-0.25, -0.2) is 0 Å². The molecular weight excluding hydrogens is 300 g/mol. The molecule has 1 aliphatic rings. The predicted molar refractivity (Wildman–Crippen MR) is 94.5 cm³/mol. The number of likely N-dealkylation sites (tertiary alicyclic amines) is 1. The number of nitrogens with zero attached hydrogens (tertiary/aromatic N) is 3. The lowest BCUT2D eigenvalue weighted by molar-refractivity contribution is -0.119. The molecule has 1 fully saturated rings.